The van der Waals surface area contributed by atoms with E-state index in [1.54, 1.807) is 0 Å². The molecule has 0 heterocycles. The monoisotopic (exact) mass is 385 g/mol. The lowest BCUT2D eigenvalue weighted by atomic mass is 10.2. The third kappa shape index (κ3) is 2.87. The van der Waals surface area contributed by atoms with Gasteiger partial charge >= 0.3 is 5.97 Å². The van der Waals surface area contributed by atoms with Gasteiger partial charge in [0.05, 0.1) is 10.5 Å². The Bertz CT molecular complexity index is 569. The van der Waals surface area contributed by atoms with Crippen molar-refractivity contribution in [3.63, 3.8) is 0 Å². The van der Waals surface area contributed by atoms with Crippen molar-refractivity contribution in [2.45, 2.75) is 4.90 Å². The number of sulfonamides is 1. The lowest BCUT2D eigenvalue weighted by molar-refractivity contribution is 0.0695. The minimum absolute atomic E-state index is 0.0741. The maximum absolute atomic E-state index is 11.9. The molecule has 94 valence electrons. The molecule has 0 aliphatic heterocycles. The molecule has 1 aromatic rings. The Kier molecular flexibility index (Phi) is 4.34. The number of nitrogens with zero attached hydrogens (tertiary/aromatic N) is 1. The lowest BCUT2D eigenvalue weighted by Crippen LogP contribution is -2.22. The molecule has 1 N–H and O–H groups in total. The zero-order chi connectivity index (χ0) is 13.4. The van der Waals surface area contributed by atoms with Gasteiger partial charge in [0, 0.05) is 23.0 Å². The van der Waals surface area contributed by atoms with Crippen LogP contribution in [0.1, 0.15) is 10.4 Å². The van der Waals surface area contributed by atoms with Gasteiger partial charge in [0.15, 0.2) is 0 Å². The van der Waals surface area contributed by atoms with Crippen LogP contribution in [0.2, 0.25) is 0 Å². The summed E-state index contributed by atoms with van der Waals surface area (Å²) in [5.74, 6) is -1.20. The van der Waals surface area contributed by atoms with Crippen LogP contribution in [-0.4, -0.2) is 37.9 Å². The topological polar surface area (TPSA) is 74.7 Å². The van der Waals surface area contributed by atoms with Crippen LogP contribution in [0.3, 0.4) is 0 Å². The van der Waals surface area contributed by atoms with E-state index >= 15 is 0 Å². The van der Waals surface area contributed by atoms with Crippen molar-refractivity contribution in [2.24, 2.45) is 0 Å². The highest BCUT2D eigenvalue weighted by molar-refractivity contribution is 9.13. The van der Waals surface area contributed by atoms with E-state index in [0.29, 0.717) is 8.95 Å². The number of benzene rings is 1. The highest BCUT2D eigenvalue weighted by atomic mass is 79.9. The second-order valence-electron chi connectivity index (χ2n) is 3.36. The molecule has 0 aromatic heterocycles. The third-order valence-corrected chi connectivity index (χ3v) is 5.82. The molecule has 0 saturated heterocycles. The van der Waals surface area contributed by atoms with Gasteiger partial charge in [-0.1, -0.05) is 0 Å². The van der Waals surface area contributed by atoms with E-state index in [1.165, 1.54) is 20.2 Å². The van der Waals surface area contributed by atoms with Crippen LogP contribution in [0.5, 0.6) is 0 Å². The Morgan fingerprint density at radius 2 is 1.82 bits per heavy atom. The summed E-state index contributed by atoms with van der Waals surface area (Å²) in [6.07, 6.45) is 0. The second-order valence-corrected chi connectivity index (χ2v) is 7.16. The van der Waals surface area contributed by atoms with Crippen LogP contribution < -0.4 is 0 Å². The first kappa shape index (κ1) is 14.6. The highest BCUT2D eigenvalue weighted by Crippen LogP contribution is 2.30. The fourth-order valence-electron chi connectivity index (χ4n) is 1.08. The summed E-state index contributed by atoms with van der Waals surface area (Å²) in [4.78, 5) is 10.9. The number of carbonyl (C=O) groups is 1. The molecule has 0 bridgehead atoms. The fourth-order valence-corrected chi connectivity index (χ4v) is 3.05. The smallest absolute Gasteiger partial charge is 0.336 e. The summed E-state index contributed by atoms with van der Waals surface area (Å²) in [7, 11) is -0.892. The van der Waals surface area contributed by atoms with Crippen LogP contribution in [0.4, 0.5) is 0 Å². The average Bonchev–Trinajstić information content (AvgIpc) is 2.20. The predicted molar refractivity (Wildman–Crippen MR) is 69.7 cm³/mol. The first-order valence-corrected chi connectivity index (χ1v) is 7.35. The molecule has 0 aliphatic carbocycles. The Morgan fingerprint density at radius 3 is 2.24 bits per heavy atom. The van der Waals surface area contributed by atoms with Gasteiger partial charge in [0.1, 0.15) is 0 Å². The summed E-state index contributed by atoms with van der Waals surface area (Å²) >= 11 is 6.20. The van der Waals surface area contributed by atoms with Crippen LogP contribution in [-0.2, 0) is 10.0 Å². The van der Waals surface area contributed by atoms with Crippen molar-refractivity contribution >= 4 is 47.9 Å². The number of hydrogen-bond donors (Lipinski definition) is 1. The van der Waals surface area contributed by atoms with Gasteiger partial charge in [-0.25, -0.2) is 17.5 Å². The van der Waals surface area contributed by atoms with E-state index in [-0.39, 0.29) is 10.5 Å². The quantitative estimate of drug-likeness (QED) is 0.863. The van der Waals surface area contributed by atoms with Gasteiger partial charge in [-0.2, -0.15) is 0 Å². The Morgan fingerprint density at radius 1 is 1.29 bits per heavy atom. The van der Waals surface area contributed by atoms with Gasteiger partial charge in [0.25, 0.3) is 0 Å². The lowest BCUT2D eigenvalue weighted by Gasteiger charge is -2.13. The number of aromatic carboxylic acids is 1. The van der Waals surface area contributed by atoms with Crippen LogP contribution >= 0.6 is 31.9 Å². The number of carboxylic acids is 1. The van der Waals surface area contributed by atoms with Crippen molar-refractivity contribution in [3.05, 3.63) is 26.6 Å². The highest BCUT2D eigenvalue weighted by Gasteiger charge is 2.22. The minimum atomic E-state index is -3.65. The molecule has 1 rings (SSSR count). The molecule has 0 amide bonds. The third-order valence-electron chi connectivity index (χ3n) is 2.01. The molecule has 0 spiro atoms. The molecule has 0 aliphatic rings. The SMILES string of the molecule is CN(C)S(=O)(=O)c1cc(Br)c(Br)c(C(=O)O)c1. The van der Waals surface area contributed by atoms with Crippen LogP contribution in [0.15, 0.2) is 26.0 Å². The zero-order valence-electron chi connectivity index (χ0n) is 8.94. The van der Waals surface area contributed by atoms with Crippen molar-refractivity contribution in [1.29, 1.82) is 0 Å². The molecule has 0 radical (unpaired) electrons. The Balaban J connectivity index is 3.55. The largest absolute Gasteiger partial charge is 0.478 e. The van der Waals surface area contributed by atoms with Gasteiger partial charge in [-0.15, -0.1) is 0 Å². The number of rotatable bonds is 3. The summed E-state index contributed by atoms with van der Waals surface area (Å²) in [5.41, 5.74) is -0.111. The van der Waals surface area contributed by atoms with Crippen molar-refractivity contribution in [3.8, 4) is 0 Å². The van der Waals surface area contributed by atoms with Crippen molar-refractivity contribution in [2.75, 3.05) is 14.1 Å². The van der Waals surface area contributed by atoms with Crippen LogP contribution in [0, 0.1) is 0 Å². The maximum atomic E-state index is 11.9. The van der Waals surface area contributed by atoms with Gasteiger partial charge in [-0.3, -0.25) is 0 Å². The first-order valence-electron chi connectivity index (χ1n) is 4.32. The standard InChI is InChI=1S/C9H9Br2NO4S/c1-12(2)17(15,16)5-3-6(9(13)14)8(11)7(10)4-5/h3-4H,1-2H3,(H,13,14). The molecule has 8 heteroatoms. The number of halogens is 2. The average molecular weight is 387 g/mol. The zero-order valence-corrected chi connectivity index (χ0v) is 12.9. The second kappa shape index (κ2) is 5.05. The van der Waals surface area contributed by atoms with Gasteiger partial charge in [0.2, 0.25) is 10.0 Å². The Hall–Kier alpha value is -0.440. The molecule has 17 heavy (non-hydrogen) atoms. The van der Waals surface area contributed by atoms with E-state index in [1.807, 2.05) is 0 Å². The van der Waals surface area contributed by atoms with Crippen molar-refractivity contribution < 1.29 is 18.3 Å². The summed E-state index contributed by atoms with van der Waals surface area (Å²) < 4.78 is 25.4. The molecule has 0 saturated carbocycles. The predicted octanol–water partition coefficient (Wildman–Crippen LogP) is 2.16. The normalized spacial score (nSPS) is 11.8. The van der Waals surface area contributed by atoms with E-state index in [2.05, 4.69) is 31.9 Å². The van der Waals surface area contributed by atoms with E-state index in [9.17, 15) is 13.2 Å². The Labute approximate surface area is 116 Å². The van der Waals surface area contributed by atoms with Crippen molar-refractivity contribution in [1.82, 2.24) is 4.31 Å². The molecular weight excluding hydrogens is 378 g/mol. The fraction of sp³-hybridized carbons (Fsp3) is 0.222. The summed E-state index contributed by atoms with van der Waals surface area (Å²) in [5, 5.41) is 8.96. The molecule has 0 unspecified atom stereocenters. The van der Waals surface area contributed by atoms with E-state index in [0.717, 1.165) is 10.4 Å². The molecule has 0 atom stereocenters. The minimum Gasteiger partial charge on any atom is -0.478 e. The maximum Gasteiger partial charge on any atom is 0.336 e. The van der Waals surface area contributed by atoms with Crippen LogP contribution in [0.25, 0.3) is 0 Å². The molecule has 1 aromatic carbocycles. The van der Waals surface area contributed by atoms with E-state index < -0.39 is 16.0 Å². The first-order chi connectivity index (χ1) is 7.67. The number of hydrogen-bond acceptors (Lipinski definition) is 3. The molecule has 5 nitrogen and oxygen atoms in total. The summed E-state index contributed by atoms with van der Waals surface area (Å²) in [6.45, 7) is 0. The van der Waals surface area contributed by atoms with Gasteiger partial charge < -0.3 is 5.11 Å². The van der Waals surface area contributed by atoms with Gasteiger partial charge in [-0.05, 0) is 44.0 Å². The molecular formula is C9H9Br2NO4S. The van der Waals surface area contributed by atoms with E-state index in [4.69, 9.17) is 5.11 Å². The number of carboxylic acid groups (broad SMARTS) is 1. The molecule has 0 fully saturated rings. The summed E-state index contributed by atoms with van der Waals surface area (Å²) in [6, 6.07) is 2.47.